The fourth-order valence-corrected chi connectivity index (χ4v) is 8.20. The number of hydrogen-bond acceptors (Lipinski definition) is 4. The van der Waals surface area contributed by atoms with Gasteiger partial charge in [-0.2, -0.15) is 0 Å². The van der Waals surface area contributed by atoms with Crippen molar-refractivity contribution in [3.8, 4) is 67.5 Å². The minimum absolute atomic E-state index is 0.594. The maximum Gasteiger partial charge on any atom is 0.164 e. The Morgan fingerprint density at radius 1 is 0.345 bits per heavy atom. The molecule has 0 aliphatic heterocycles. The zero-order valence-corrected chi connectivity index (χ0v) is 31.7. The summed E-state index contributed by atoms with van der Waals surface area (Å²) in [5, 5.41) is 6.84. The molecule has 0 saturated carbocycles. The second-order valence-corrected chi connectivity index (χ2v) is 14.3. The summed E-state index contributed by atoms with van der Waals surface area (Å²) in [7, 11) is 0. The molecule has 0 aliphatic carbocycles. The van der Waals surface area contributed by atoms with E-state index in [0.29, 0.717) is 17.5 Å². The Morgan fingerprint density at radius 2 is 0.845 bits per heavy atom. The summed E-state index contributed by atoms with van der Waals surface area (Å²) in [4.78, 5) is 20.0. The standard InChI is InChI=1S/C54H36N4/c1-3-43-44(4-2)48-28-16-27-46(51(48)49-26-14-13-25-47(43)49)41-30-40(37-22-15-23-38(29-37)50-34-55-33-39-21-11-12-24-45(39)50)31-42(32-41)54-57-52(35-17-7-5-8-18-35)56-53(58-54)36-19-9-6-10-20-36/h3-34H,1-2H2. The molecule has 4 nitrogen and oxygen atoms in total. The van der Waals surface area contributed by atoms with Crippen molar-refractivity contribution >= 4 is 44.5 Å². The average molecular weight is 741 g/mol. The first-order valence-corrected chi connectivity index (χ1v) is 19.4. The van der Waals surface area contributed by atoms with E-state index in [2.05, 4.69) is 127 Å². The van der Waals surface area contributed by atoms with Crippen molar-refractivity contribution in [1.82, 2.24) is 19.9 Å². The zero-order chi connectivity index (χ0) is 39.0. The number of hydrogen-bond donors (Lipinski definition) is 0. The molecule has 0 radical (unpaired) electrons. The van der Waals surface area contributed by atoms with Crippen LogP contribution in [0.15, 0.2) is 195 Å². The lowest BCUT2D eigenvalue weighted by molar-refractivity contribution is 1.07. The molecule has 10 aromatic rings. The van der Waals surface area contributed by atoms with Crippen LogP contribution in [0.4, 0.5) is 0 Å². The van der Waals surface area contributed by atoms with Crippen molar-refractivity contribution in [2.75, 3.05) is 0 Å². The van der Waals surface area contributed by atoms with Gasteiger partial charge in [-0.1, -0.05) is 171 Å². The van der Waals surface area contributed by atoms with Gasteiger partial charge in [-0.15, -0.1) is 0 Å². The van der Waals surface area contributed by atoms with Crippen LogP contribution in [-0.4, -0.2) is 19.9 Å². The highest BCUT2D eigenvalue weighted by Crippen LogP contribution is 2.42. The Bertz CT molecular complexity index is 3140. The Hall–Kier alpha value is -7.82. The highest BCUT2D eigenvalue weighted by Gasteiger charge is 2.19. The number of rotatable bonds is 8. The first-order chi connectivity index (χ1) is 28.7. The monoisotopic (exact) mass is 740 g/mol. The van der Waals surface area contributed by atoms with E-state index in [1.54, 1.807) is 0 Å². The van der Waals surface area contributed by atoms with Crippen LogP contribution in [0.1, 0.15) is 11.1 Å². The number of benzene rings is 8. The smallest absolute Gasteiger partial charge is 0.164 e. The topological polar surface area (TPSA) is 51.6 Å². The van der Waals surface area contributed by atoms with Crippen molar-refractivity contribution in [1.29, 1.82) is 0 Å². The highest BCUT2D eigenvalue weighted by molar-refractivity contribution is 6.20. The Balaban J connectivity index is 1.26. The molecule has 0 fully saturated rings. The van der Waals surface area contributed by atoms with Gasteiger partial charge < -0.3 is 0 Å². The van der Waals surface area contributed by atoms with Crippen molar-refractivity contribution in [2.24, 2.45) is 0 Å². The summed E-state index contributed by atoms with van der Waals surface area (Å²) in [6.45, 7) is 8.45. The van der Waals surface area contributed by atoms with Gasteiger partial charge >= 0.3 is 0 Å². The second-order valence-electron chi connectivity index (χ2n) is 14.3. The maximum absolute atomic E-state index is 5.18. The molecule has 10 rings (SSSR count). The molecule has 0 saturated heterocycles. The molecule has 0 unspecified atom stereocenters. The van der Waals surface area contributed by atoms with E-state index in [1.807, 2.05) is 85.2 Å². The summed E-state index contributed by atoms with van der Waals surface area (Å²) < 4.78 is 0. The van der Waals surface area contributed by atoms with Gasteiger partial charge in [-0.25, -0.2) is 15.0 Å². The molecule has 4 heteroatoms. The molecule has 272 valence electrons. The van der Waals surface area contributed by atoms with Crippen LogP contribution in [-0.2, 0) is 0 Å². The maximum atomic E-state index is 5.18. The van der Waals surface area contributed by atoms with Gasteiger partial charge in [0.25, 0.3) is 0 Å². The average Bonchev–Trinajstić information content (AvgIpc) is 3.31. The Labute approximate surface area is 337 Å². The van der Waals surface area contributed by atoms with Crippen molar-refractivity contribution in [3.63, 3.8) is 0 Å². The fraction of sp³-hybridized carbons (Fsp3) is 0. The van der Waals surface area contributed by atoms with Gasteiger partial charge in [0.2, 0.25) is 0 Å². The van der Waals surface area contributed by atoms with E-state index >= 15 is 0 Å². The van der Waals surface area contributed by atoms with E-state index in [9.17, 15) is 0 Å². The zero-order valence-electron chi connectivity index (χ0n) is 31.7. The second kappa shape index (κ2) is 14.7. The highest BCUT2D eigenvalue weighted by atomic mass is 15.0. The summed E-state index contributed by atoms with van der Waals surface area (Å²) >= 11 is 0. The Kier molecular flexibility index (Phi) is 8.77. The third-order valence-corrected chi connectivity index (χ3v) is 10.9. The first-order valence-electron chi connectivity index (χ1n) is 19.4. The molecule has 0 aliphatic rings. The summed E-state index contributed by atoms with van der Waals surface area (Å²) in [6.07, 6.45) is 7.77. The summed E-state index contributed by atoms with van der Waals surface area (Å²) in [6, 6.07) is 59.2. The molecule has 2 aromatic heterocycles. The molecule has 8 aromatic carbocycles. The fourth-order valence-electron chi connectivity index (χ4n) is 8.20. The Morgan fingerprint density at radius 3 is 1.55 bits per heavy atom. The third-order valence-electron chi connectivity index (χ3n) is 10.9. The van der Waals surface area contributed by atoms with E-state index in [1.165, 1.54) is 0 Å². The normalized spacial score (nSPS) is 11.2. The molecule has 0 atom stereocenters. The number of aromatic nitrogens is 4. The minimum Gasteiger partial charge on any atom is -0.263 e. The van der Waals surface area contributed by atoms with Crippen molar-refractivity contribution in [2.45, 2.75) is 0 Å². The molecule has 0 N–H and O–H groups in total. The van der Waals surface area contributed by atoms with Gasteiger partial charge in [0.1, 0.15) is 0 Å². The third kappa shape index (κ3) is 6.14. The van der Waals surface area contributed by atoms with Crippen LogP contribution < -0.4 is 0 Å². The van der Waals surface area contributed by atoms with E-state index in [4.69, 9.17) is 15.0 Å². The van der Waals surface area contributed by atoms with Gasteiger partial charge in [0.15, 0.2) is 17.5 Å². The lowest BCUT2D eigenvalue weighted by Crippen LogP contribution is -2.00. The molecule has 0 bridgehead atoms. The van der Waals surface area contributed by atoms with E-state index in [-0.39, 0.29) is 0 Å². The molecular weight excluding hydrogens is 705 g/mol. The van der Waals surface area contributed by atoms with Crippen LogP contribution in [0.3, 0.4) is 0 Å². The van der Waals surface area contributed by atoms with Crippen LogP contribution in [0.2, 0.25) is 0 Å². The van der Waals surface area contributed by atoms with E-state index < -0.39 is 0 Å². The molecule has 58 heavy (non-hydrogen) atoms. The first kappa shape index (κ1) is 34.7. The van der Waals surface area contributed by atoms with Crippen molar-refractivity contribution < 1.29 is 0 Å². The number of pyridine rings is 1. The molecular formula is C54H36N4. The van der Waals surface area contributed by atoms with Crippen LogP contribution in [0.5, 0.6) is 0 Å². The van der Waals surface area contributed by atoms with Gasteiger partial charge in [-0.3, -0.25) is 4.98 Å². The predicted molar refractivity (Wildman–Crippen MR) is 243 cm³/mol. The van der Waals surface area contributed by atoms with Gasteiger partial charge in [-0.05, 0) is 90.1 Å². The van der Waals surface area contributed by atoms with Crippen LogP contribution in [0, 0.1) is 0 Å². The van der Waals surface area contributed by atoms with Crippen LogP contribution >= 0.6 is 0 Å². The molecule has 2 heterocycles. The predicted octanol–water partition coefficient (Wildman–Crippen LogP) is 14.0. The lowest BCUT2D eigenvalue weighted by atomic mass is 9.86. The van der Waals surface area contributed by atoms with Crippen LogP contribution in [0.25, 0.3) is 112 Å². The number of nitrogens with zero attached hydrogens (tertiary/aromatic N) is 4. The van der Waals surface area contributed by atoms with Gasteiger partial charge in [0, 0.05) is 40.0 Å². The quantitative estimate of drug-likeness (QED) is 0.146. The minimum atomic E-state index is 0.594. The summed E-state index contributed by atoms with van der Waals surface area (Å²) in [5.41, 5.74) is 11.3. The number of fused-ring (bicyclic) bond motifs is 4. The largest absolute Gasteiger partial charge is 0.263 e. The molecule has 0 spiro atoms. The van der Waals surface area contributed by atoms with Gasteiger partial charge in [0.05, 0.1) is 0 Å². The van der Waals surface area contributed by atoms with E-state index in [0.717, 1.165) is 93.5 Å². The molecule has 0 amide bonds. The SMILES string of the molecule is C=Cc1c(C=C)c2cccc(-c3cc(-c4cccc(-c5cncc6ccccc56)c4)cc(-c4nc(-c5ccccc5)nc(-c5ccccc5)n4)c3)c2c2ccccc12. The lowest BCUT2D eigenvalue weighted by Gasteiger charge is -2.18. The summed E-state index contributed by atoms with van der Waals surface area (Å²) in [5.74, 6) is 1.83. The van der Waals surface area contributed by atoms with Crippen molar-refractivity contribution in [3.05, 3.63) is 207 Å².